The minimum absolute atomic E-state index is 0.104. The Hall–Kier alpha value is -3.83. The third-order valence-electron chi connectivity index (χ3n) is 6.45. The molecule has 4 nitrogen and oxygen atoms in total. The molecule has 0 aliphatic heterocycles. The van der Waals surface area contributed by atoms with E-state index in [4.69, 9.17) is 0 Å². The first-order valence-electron chi connectivity index (χ1n) is 11.8. The van der Waals surface area contributed by atoms with Gasteiger partial charge < -0.3 is 14.8 Å². The lowest BCUT2D eigenvalue weighted by Crippen LogP contribution is -2.34. The molecular weight excluding hydrogens is 450 g/mol. The summed E-state index contributed by atoms with van der Waals surface area (Å²) in [6.45, 7) is 5.08. The first-order chi connectivity index (χ1) is 17.0. The summed E-state index contributed by atoms with van der Waals surface area (Å²) < 4.78 is 2.25. The fraction of sp³-hybridized carbons (Fsp3) is 0.167. The number of nitrogens with zero attached hydrogens (tertiary/aromatic N) is 2. The van der Waals surface area contributed by atoms with Crippen LogP contribution in [-0.2, 0) is 20.1 Å². The first kappa shape index (κ1) is 22.9. The molecule has 3 aromatic carbocycles. The zero-order chi connectivity index (χ0) is 24.4. The van der Waals surface area contributed by atoms with Crippen molar-refractivity contribution in [2.75, 3.05) is 5.32 Å². The Kier molecular flexibility index (Phi) is 6.43. The molecule has 0 radical (unpaired) electrons. The number of carbonyl (C=O) groups excluding carboxylic acids is 1. The maximum absolute atomic E-state index is 13.7. The Morgan fingerprint density at radius 2 is 1.69 bits per heavy atom. The quantitative estimate of drug-likeness (QED) is 0.265. The van der Waals surface area contributed by atoms with E-state index in [0.29, 0.717) is 13.1 Å². The normalized spacial score (nSPS) is 11.1. The lowest BCUT2D eigenvalue weighted by molar-refractivity contribution is 0.206. The summed E-state index contributed by atoms with van der Waals surface area (Å²) in [7, 11) is 2.11. The summed E-state index contributed by atoms with van der Waals surface area (Å²) in [6.07, 6.45) is 0. The van der Waals surface area contributed by atoms with Gasteiger partial charge in [-0.25, -0.2) is 4.79 Å². The number of para-hydroxylation sites is 1. The van der Waals surface area contributed by atoms with Gasteiger partial charge in [0.15, 0.2) is 0 Å². The highest BCUT2D eigenvalue weighted by Crippen LogP contribution is 2.36. The van der Waals surface area contributed by atoms with Crippen molar-refractivity contribution >= 4 is 34.0 Å². The van der Waals surface area contributed by atoms with Crippen LogP contribution in [0.4, 0.5) is 10.5 Å². The summed E-state index contributed by atoms with van der Waals surface area (Å²) in [5.74, 6) is 0. The highest BCUT2D eigenvalue weighted by atomic mass is 32.1. The third kappa shape index (κ3) is 4.73. The van der Waals surface area contributed by atoms with Crippen LogP contribution in [0.2, 0.25) is 0 Å². The number of thiophene rings is 1. The van der Waals surface area contributed by atoms with Crippen molar-refractivity contribution in [3.8, 4) is 10.6 Å². The molecule has 5 aromatic rings. The molecular formula is C30H29N3OS. The summed E-state index contributed by atoms with van der Waals surface area (Å²) >= 11 is 1.73. The summed E-state index contributed by atoms with van der Waals surface area (Å²) in [5.41, 5.74) is 7.62. The van der Waals surface area contributed by atoms with Gasteiger partial charge in [0, 0.05) is 35.7 Å². The van der Waals surface area contributed by atoms with Crippen molar-refractivity contribution in [1.29, 1.82) is 0 Å². The second-order valence-electron chi connectivity index (χ2n) is 8.97. The molecule has 2 aromatic heterocycles. The molecule has 0 spiro atoms. The van der Waals surface area contributed by atoms with Crippen LogP contribution in [0.3, 0.4) is 0 Å². The summed E-state index contributed by atoms with van der Waals surface area (Å²) in [5, 5.41) is 6.46. The fourth-order valence-electron chi connectivity index (χ4n) is 4.62. The van der Waals surface area contributed by atoms with Crippen molar-refractivity contribution in [2.45, 2.75) is 26.9 Å². The Morgan fingerprint density at radius 1 is 0.914 bits per heavy atom. The van der Waals surface area contributed by atoms with E-state index in [9.17, 15) is 4.79 Å². The molecule has 0 atom stereocenters. The molecule has 0 aliphatic carbocycles. The van der Waals surface area contributed by atoms with Crippen LogP contribution < -0.4 is 5.32 Å². The molecule has 1 N–H and O–H groups in total. The van der Waals surface area contributed by atoms with Gasteiger partial charge >= 0.3 is 6.03 Å². The van der Waals surface area contributed by atoms with Crippen molar-refractivity contribution in [3.63, 3.8) is 0 Å². The molecule has 5 rings (SSSR count). The summed E-state index contributed by atoms with van der Waals surface area (Å²) in [6, 6.07) is 28.9. The van der Waals surface area contributed by atoms with Crippen molar-refractivity contribution in [3.05, 3.63) is 113 Å². The maximum atomic E-state index is 13.7. The Labute approximate surface area is 210 Å². The predicted octanol–water partition coefficient (Wildman–Crippen LogP) is 7.76. The van der Waals surface area contributed by atoms with Gasteiger partial charge in [0.25, 0.3) is 0 Å². The third-order valence-corrected chi connectivity index (χ3v) is 7.33. The molecule has 0 saturated heterocycles. The van der Waals surface area contributed by atoms with Crippen LogP contribution >= 0.6 is 11.3 Å². The Morgan fingerprint density at radius 3 is 2.46 bits per heavy atom. The Balaban J connectivity index is 1.57. The van der Waals surface area contributed by atoms with Crippen LogP contribution in [0, 0.1) is 13.8 Å². The highest BCUT2D eigenvalue weighted by molar-refractivity contribution is 7.13. The van der Waals surface area contributed by atoms with Gasteiger partial charge in [0.05, 0.1) is 17.1 Å². The minimum Gasteiger partial charge on any atom is -0.343 e. The molecule has 0 fully saturated rings. The number of urea groups is 1. The van der Waals surface area contributed by atoms with Crippen molar-refractivity contribution < 1.29 is 4.79 Å². The van der Waals surface area contributed by atoms with E-state index in [1.165, 1.54) is 21.5 Å². The van der Waals surface area contributed by atoms with Crippen molar-refractivity contribution in [2.24, 2.45) is 7.05 Å². The molecule has 2 amide bonds. The van der Waals surface area contributed by atoms with Gasteiger partial charge in [-0.15, -0.1) is 11.3 Å². The molecule has 5 heteroatoms. The first-order valence-corrected chi connectivity index (χ1v) is 12.7. The van der Waals surface area contributed by atoms with Gasteiger partial charge in [-0.3, -0.25) is 0 Å². The number of carbonyl (C=O) groups is 1. The number of fused-ring (bicyclic) bond motifs is 1. The van der Waals surface area contributed by atoms with Crippen LogP contribution in [0.15, 0.2) is 90.3 Å². The van der Waals surface area contributed by atoms with E-state index in [1.54, 1.807) is 11.3 Å². The fourth-order valence-corrected chi connectivity index (χ4v) is 5.45. The molecule has 0 bridgehead atoms. The zero-order valence-electron chi connectivity index (χ0n) is 20.3. The number of benzene rings is 3. The topological polar surface area (TPSA) is 37.3 Å². The van der Waals surface area contributed by atoms with E-state index in [-0.39, 0.29) is 6.03 Å². The number of aryl methyl sites for hydroxylation is 3. The van der Waals surface area contributed by atoms with Gasteiger partial charge in [-0.1, -0.05) is 66.7 Å². The average molecular weight is 480 g/mol. The van der Waals surface area contributed by atoms with Gasteiger partial charge in [-0.05, 0) is 54.1 Å². The standard InChI is InChI=1S/C30H29N3OS/c1-21-15-16-22(2)26(18-21)31-30(34)33(19-23-10-5-4-6-11-23)20-25-24-12-7-8-13-27(24)32(3)29(25)28-14-9-17-35-28/h4-18H,19-20H2,1-3H3,(H,31,34). The molecule has 176 valence electrons. The number of amides is 2. The minimum atomic E-state index is -0.104. The molecule has 2 heterocycles. The van der Waals surface area contributed by atoms with Crippen LogP contribution in [0.25, 0.3) is 21.5 Å². The number of nitrogens with one attached hydrogen (secondary N) is 1. The predicted molar refractivity (Wildman–Crippen MR) is 147 cm³/mol. The van der Waals surface area contributed by atoms with E-state index >= 15 is 0 Å². The lowest BCUT2D eigenvalue weighted by Gasteiger charge is -2.25. The smallest absolute Gasteiger partial charge is 0.322 e. The SMILES string of the molecule is Cc1ccc(C)c(NC(=O)N(Cc2ccccc2)Cc2c(-c3cccs3)n(C)c3ccccc23)c1. The molecule has 0 aliphatic rings. The summed E-state index contributed by atoms with van der Waals surface area (Å²) in [4.78, 5) is 16.9. The van der Waals surface area contributed by atoms with Crippen LogP contribution in [0.5, 0.6) is 0 Å². The van der Waals surface area contributed by atoms with Gasteiger partial charge in [0.2, 0.25) is 0 Å². The molecule has 0 saturated carbocycles. The van der Waals surface area contributed by atoms with E-state index < -0.39 is 0 Å². The monoisotopic (exact) mass is 479 g/mol. The Bertz CT molecular complexity index is 1470. The van der Waals surface area contributed by atoms with E-state index in [2.05, 4.69) is 76.9 Å². The molecule has 0 unspecified atom stereocenters. The largest absolute Gasteiger partial charge is 0.343 e. The number of hydrogen-bond acceptors (Lipinski definition) is 2. The van der Waals surface area contributed by atoms with E-state index in [1.807, 2.05) is 49.1 Å². The number of aromatic nitrogens is 1. The number of anilines is 1. The second kappa shape index (κ2) is 9.80. The lowest BCUT2D eigenvalue weighted by atomic mass is 10.1. The van der Waals surface area contributed by atoms with Gasteiger partial charge in [0.1, 0.15) is 0 Å². The second-order valence-corrected chi connectivity index (χ2v) is 9.92. The number of hydrogen-bond donors (Lipinski definition) is 1. The highest BCUT2D eigenvalue weighted by Gasteiger charge is 2.23. The zero-order valence-corrected chi connectivity index (χ0v) is 21.1. The maximum Gasteiger partial charge on any atom is 0.322 e. The van der Waals surface area contributed by atoms with Crippen LogP contribution in [-0.4, -0.2) is 15.5 Å². The molecule has 35 heavy (non-hydrogen) atoms. The number of rotatable bonds is 6. The van der Waals surface area contributed by atoms with Crippen molar-refractivity contribution in [1.82, 2.24) is 9.47 Å². The average Bonchev–Trinajstić information content (AvgIpc) is 3.48. The van der Waals surface area contributed by atoms with Gasteiger partial charge in [-0.2, -0.15) is 0 Å². The van der Waals surface area contributed by atoms with Crippen LogP contribution in [0.1, 0.15) is 22.3 Å². The van der Waals surface area contributed by atoms with E-state index in [0.717, 1.165) is 27.9 Å².